The van der Waals surface area contributed by atoms with Gasteiger partial charge in [-0.2, -0.15) is 0 Å². The molecule has 2 aromatic carbocycles. The summed E-state index contributed by atoms with van der Waals surface area (Å²) in [5, 5.41) is 5.04. The first-order chi connectivity index (χ1) is 9.79. The molecular formula is C13H10Br2FNO3S. The zero-order chi connectivity index (χ0) is 15.6. The lowest BCUT2D eigenvalue weighted by atomic mass is 10.2. The molecule has 2 N–H and O–H groups in total. The van der Waals surface area contributed by atoms with Gasteiger partial charge in [0.15, 0.2) is 0 Å². The molecule has 21 heavy (non-hydrogen) atoms. The highest BCUT2D eigenvalue weighted by molar-refractivity contribution is 9.10. The maximum atomic E-state index is 13.4. The van der Waals surface area contributed by atoms with Crippen molar-refractivity contribution in [2.24, 2.45) is 5.14 Å². The maximum Gasteiger partial charge on any atom is 0.238 e. The first-order valence-electron chi connectivity index (χ1n) is 5.67. The van der Waals surface area contributed by atoms with Crippen LogP contribution in [0.3, 0.4) is 0 Å². The first kappa shape index (κ1) is 16.4. The van der Waals surface area contributed by atoms with Crippen molar-refractivity contribution in [1.29, 1.82) is 0 Å². The van der Waals surface area contributed by atoms with E-state index in [1.165, 1.54) is 24.3 Å². The summed E-state index contributed by atoms with van der Waals surface area (Å²) in [6.45, 7) is 0.131. The topological polar surface area (TPSA) is 69.4 Å². The fraction of sp³-hybridized carbons (Fsp3) is 0.0769. The highest BCUT2D eigenvalue weighted by Crippen LogP contribution is 2.29. The lowest BCUT2D eigenvalue weighted by molar-refractivity contribution is 0.302. The van der Waals surface area contributed by atoms with E-state index in [-0.39, 0.29) is 17.3 Å². The van der Waals surface area contributed by atoms with Gasteiger partial charge in [-0.15, -0.1) is 0 Å². The molecule has 0 fully saturated rings. The normalized spacial score (nSPS) is 11.4. The van der Waals surface area contributed by atoms with Crippen LogP contribution in [0.1, 0.15) is 5.56 Å². The Morgan fingerprint density at radius 2 is 1.90 bits per heavy atom. The van der Waals surface area contributed by atoms with E-state index in [1.807, 2.05) is 0 Å². The average molecular weight is 439 g/mol. The monoisotopic (exact) mass is 437 g/mol. The highest BCUT2D eigenvalue weighted by Gasteiger charge is 2.12. The molecule has 0 atom stereocenters. The summed E-state index contributed by atoms with van der Waals surface area (Å²) in [6.07, 6.45) is 0. The van der Waals surface area contributed by atoms with Gasteiger partial charge < -0.3 is 4.74 Å². The molecule has 0 unspecified atom stereocenters. The van der Waals surface area contributed by atoms with E-state index in [0.29, 0.717) is 20.3 Å². The highest BCUT2D eigenvalue weighted by atomic mass is 79.9. The van der Waals surface area contributed by atoms with Crippen molar-refractivity contribution in [2.75, 3.05) is 0 Å². The molecule has 0 aliphatic rings. The number of hydrogen-bond donors (Lipinski definition) is 1. The van der Waals surface area contributed by atoms with Gasteiger partial charge in [0.1, 0.15) is 18.2 Å². The van der Waals surface area contributed by atoms with E-state index < -0.39 is 10.0 Å². The summed E-state index contributed by atoms with van der Waals surface area (Å²) >= 11 is 6.36. The van der Waals surface area contributed by atoms with Crippen molar-refractivity contribution < 1.29 is 17.5 Å². The van der Waals surface area contributed by atoms with Gasteiger partial charge in [-0.05, 0) is 56.1 Å². The summed E-state index contributed by atoms with van der Waals surface area (Å²) in [7, 11) is -3.76. The van der Waals surface area contributed by atoms with Gasteiger partial charge >= 0.3 is 0 Å². The first-order valence-corrected chi connectivity index (χ1v) is 8.80. The van der Waals surface area contributed by atoms with Crippen LogP contribution in [-0.4, -0.2) is 8.42 Å². The number of ether oxygens (including phenoxy) is 1. The molecule has 0 bridgehead atoms. The minimum atomic E-state index is -3.76. The molecule has 4 nitrogen and oxygen atoms in total. The summed E-state index contributed by atoms with van der Waals surface area (Å²) < 4.78 is 42.2. The Bertz CT molecular complexity index is 781. The van der Waals surface area contributed by atoms with Crippen molar-refractivity contribution in [2.45, 2.75) is 11.5 Å². The average Bonchev–Trinajstić information content (AvgIpc) is 2.40. The Morgan fingerprint density at radius 3 is 2.52 bits per heavy atom. The van der Waals surface area contributed by atoms with Crippen LogP contribution in [-0.2, 0) is 16.6 Å². The molecule has 0 aromatic heterocycles. The van der Waals surface area contributed by atoms with E-state index in [2.05, 4.69) is 31.9 Å². The second-order valence-electron chi connectivity index (χ2n) is 4.14. The molecule has 0 saturated carbocycles. The van der Waals surface area contributed by atoms with Crippen LogP contribution in [0.15, 0.2) is 50.2 Å². The predicted molar refractivity (Wildman–Crippen MR) is 83.9 cm³/mol. The predicted octanol–water partition coefficient (Wildman–Crippen LogP) is 3.58. The van der Waals surface area contributed by atoms with Crippen LogP contribution in [0.25, 0.3) is 0 Å². The maximum absolute atomic E-state index is 13.4. The second kappa shape index (κ2) is 6.43. The molecule has 0 amide bonds. The van der Waals surface area contributed by atoms with E-state index in [0.717, 1.165) is 0 Å². The van der Waals surface area contributed by atoms with E-state index in [4.69, 9.17) is 9.88 Å². The number of primary sulfonamides is 1. The summed E-state index contributed by atoms with van der Waals surface area (Å²) in [4.78, 5) is -0.0198. The number of halogens is 3. The van der Waals surface area contributed by atoms with Crippen molar-refractivity contribution in [1.82, 2.24) is 0 Å². The van der Waals surface area contributed by atoms with Gasteiger partial charge in [-0.25, -0.2) is 17.9 Å². The van der Waals surface area contributed by atoms with Gasteiger partial charge in [0.25, 0.3) is 0 Å². The number of benzene rings is 2. The molecule has 0 saturated heterocycles. The molecule has 0 aliphatic carbocycles. The molecule has 0 radical (unpaired) electrons. The van der Waals surface area contributed by atoms with Crippen molar-refractivity contribution in [3.05, 3.63) is 56.7 Å². The fourth-order valence-electron chi connectivity index (χ4n) is 1.59. The molecule has 2 rings (SSSR count). The summed E-state index contributed by atoms with van der Waals surface area (Å²) in [6, 6.07) is 8.82. The minimum absolute atomic E-state index is 0.0198. The summed E-state index contributed by atoms with van der Waals surface area (Å²) in [5.74, 6) is 0.0540. The van der Waals surface area contributed by atoms with Crippen LogP contribution < -0.4 is 9.88 Å². The third kappa shape index (κ3) is 4.03. The third-order valence-corrected chi connectivity index (χ3v) is 5.07. The number of nitrogens with two attached hydrogens (primary N) is 1. The largest absolute Gasteiger partial charge is 0.488 e. The quantitative estimate of drug-likeness (QED) is 0.793. The SMILES string of the molecule is NS(=O)(=O)c1ccc(OCc2cccc(F)c2Br)c(Br)c1. The molecule has 0 heterocycles. The smallest absolute Gasteiger partial charge is 0.238 e. The van der Waals surface area contributed by atoms with Gasteiger partial charge in [0.05, 0.1) is 13.8 Å². The lowest BCUT2D eigenvalue weighted by Crippen LogP contribution is -2.12. The van der Waals surface area contributed by atoms with Crippen LogP contribution in [0.2, 0.25) is 0 Å². The molecule has 2 aromatic rings. The van der Waals surface area contributed by atoms with Gasteiger partial charge in [-0.1, -0.05) is 12.1 Å². The fourth-order valence-corrected chi connectivity index (χ4v) is 3.15. The summed E-state index contributed by atoms with van der Waals surface area (Å²) in [5.41, 5.74) is 0.637. The van der Waals surface area contributed by atoms with Crippen LogP contribution >= 0.6 is 31.9 Å². The Kier molecular flexibility index (Phi) is 5.03. The van der Waals surface area contributed by atoms with Crippen molar-refractivity contribution in [3.8, 4) is 5.75 Å². The Hall–Kier alpha value is -0.960. The zero-order valence-corrected chi connectivity index (χ0v) is 14.5. The van der Waals surface area contributed by atoms with Gasteiger partial charge in [0, 0.05) is 5.56 Å². The van der Waals surface area contributed by atoms with E-state index >= 15 is 0 Å². The van der Waals surface area contributed by atoms with Crippen LogP contribution in [0.4, 0.5) is 4.39 Å². The van der Waals surface area contributed by atoms with E-state index in [9.17, 15) is 12.8 Å². The second-order valence-corrected chi connectivity index (χ2v) is 7.35. The Balaban J connectivity index is 2.19. The van der Waals surface area contributed by atoms with Crippen LogP contribution in [0, 0.1) is 5.82 Å². The number of sulfonamides is 1. The lowest BCUT2D eigenvalue weighted by Gasteiger charge is -2.10. The number of hydrogen-bond acceptors (Lipinski definition) is 3. The molecule has 112 valence electrons. The standard InChI is InChI=1S/C13H10Br2FNO3S/c14-10-6-9(21(17,18)19)4-5-12(10)20-7-8-2-1-3-11(16)13(8)15/h1-6H,7H2,(H2,17,18,19). The Morgan fingerprint density at radius 1 is 1.19 bits per heavy atom. The van der Waals surface area contributed by atoms with Gasteiger partial charge in [0.2, 0.25) is 10.0 Å². The molecule has 8 heteroatoms. The third-order valence-electron chi connectivity index (χ3n) is 2.65. The molecular weight excluding hydrogens is 429 g/mol. The Labute approximate surface area is 138 Å². The molecule has 0 aliphatic heterocycles. The van der Waals surface area contributed by atoms with Crippen LogP contribution in [0.5, 0.6) is 5.75 Å². The van der Waals surface area contributed by atoms with E-state index in [1.54, 1.807) is 12.1 Å². The molecule has 0 spiro atoms. The van der Waals surface area contributed by atoms with Gasteiger partial charge in [-0.3, -0.25) is 0 Å². The number of rotatable bonds is 4. The van der Waals surface area contributed by atoms with Crippen molar-refractivity contribution in [3.63, 3.8) is 0 Å². The van der Waals surface area contributed by atoms with Crippen molar-refractivity contribution >= 4 is 41.9 Å². The zero-order valence-electron chi connectivity index (χ0n) is 10.5. The minimum Gasteiger partial charge on any atom is -0.488 e.